The molecule has 0 spiro atoms. The van der Waals surface area contributed by atoms with Crippen LogP contribution in [0.4, 0.5) is 5.69 Å². The standard InChI is InChI=1S/C7H6N2O3.H2O.Y/c8-7(10)5-3-1-2-4-6(5)9(11)12;;/h1-4H,(H2,8,10);1H2;/p-1. The van der Waals surface area contributed by atoms with Gasteiger partial charge >= 0.3 is 0 Å². The molecular weight excluding hydrogens is 265 g/mol. The summed E-state index contributed by atoms with van der Waals surface area (Å²) in [5, 5.41) is 10.3. The number of rotatable bonds is 2. The van der Waals surface area contributed by atoms with Crippen molar-refractivity contribution < 1.29 is 47.9 Å². The molecule has 1 aromatic rings. The molecule has 0 unspecified atom stereocenters. The van der Waals surface area contributed by atoms with Gasteiger partial charge in [-0.15, -0.1) is 0 Å². The number of nitro groups is 1. The van der Waals surface area contributed by atoms with Crippen molar-refractivity contribution in [1.29, 1.82) is 0 Å². The van der Waals surface area contributed by atoms with Crippen molar-refractivity contribution in [3.05, 3.63) is 45.7 Å². The Bertz CT molecular complexity index is 309. The van der Waals surface area contributed by atoms with Gasteiger partial charge in [0.15, 0.2) is 0 Å². The van der Waals surface area contributed by atoms with Gasteiger partial charge in [0.1, 0.15) is 0 Å². The number of carbonyl (C=O) groups excluding carboxylic acids is 1. The molecule has 0 aliphatic rings. The molecule has 14 heavy (non-hydrogen) atoms. The van der Waals surface area contributed by atoms with Crippen molar-refractivity contribution >= 4 is 11.6 Å². The number of para-hydroxylation sites is 1. The van der Waals surface area contributed by atoms with Gasteiger partial charge in [0.05, 0.1) is 16.4 Å². The quantitative estimate of drug-likeness (QED) is 0.589. The Balaban J connectivity index is 0. The summed E-state index contributed by atoms with van der Waals surface area (Å²) in [5.74, 6) is -1.04. The molecule has 0 aromatic heterocycles. The second-order valence-electron chi connectivity index (χ2n) is 2.10. The van der Waals surface area contributed by atoms with E-state index in [4.69, 9.17) is 5.73 Å². The van der Waals surface area contributed by atoms with E-state index in [1.807, 2.05) is 0 Å². The van der Waals surface area contributed by atoms with E-state index >= 15 is 0 Å². The van der Waals surface area contributed by atoms with Crippen LogP contribution in [0, 0.1) is 10.1 Å². The predicted molar refractivity (Wildman–Crippen MR) is 45.4 cm³/mol. The minimum atomic E-state index is -1.04. The van der Waals surface area contributed by atoms with Gasteiger partial charge in [-0.1, -0.05) is 12.1 Å². The van der Waals surface area contributed by atoms with Crippen molar-refractivity contribution in [3.8, 4) is 0 Å². The fourth-order valence-corrected chi connectivity index (χ4v) is 0.825. The van der Waals surface area contributed by atoms with E-state index in [0.717, 1.165) is 0 Å². The van der Waals surface area contributed by atoms with Gasteiger partial charge in [-0.25, -0.2) is 0 Å². The summed E-state index contributed by atoms with van der Waals surface area (Å²) in [6, 6.07) is 5.38. The number of nitrogens with one attached hydrogen (secondary N) is 1. The van der Waals surface area contributed by atoms with Gasteiger partial charge in [0.2, 0.25) is 0 Å². The summed E-state index contributed by atoms with van der Waals surface area (Å²) in [4.78, 5) is 20.2. The van der Waals surface area contributed by atoms with E-state index in [-0.39, 0.29) is 49.4 Å². The van der Waals surface area contributed by atoms with Gasteiger partial charge in [-0.3, -0.25) is 10.1 Å². The third kappa shape index (κ3) is 3.49. The number of nitro benzene ring substituents is 1. The fourth-order valence-electron chi connectivity index (χ4n) is 0.825. The van der Waals surface area contributed by atoms with Crippen LogP contribution in [0.25, 0.3) is 5.73 Å². The molecule has 0 atom stereocenters. The predicted octanol–water partition coefficient (Wildman–Crippen LogP) is 0.960. The summed E-state index contributed by atoms with van der Waals surface area (Å²) in [7, 11) is 0. The Kier molecular flexibility index (Phi) is 7.35. The van der Waals surface area contributed by atoms with E-state index in [1.165, 1.54) is 24.3 Å². The van der Waals surface area contributed by atoms with Gasteiger partial charge in [0.25, 0.3) is 5.69 Å². The number of amides is 1. The molecule has 7 heteroatoms. The average Bonchev–Trinajstić information content (AvgIpc) is 2.04. The fraction of sp³-hybridized carbons (Fsp3) is 0. The largest absolute Gasteiger partial charge is 0.663 e. The molecule has 1 radical (unpaired) electrons. The molecule has 0 fully saturated rings. The molecule has 6 nitrogen and oxygen atoms in total. The van der Waals surface area contributed by atoms with Crippen LogP contribution in [0.1, 0.15) is 10.4 Å². The normalized spacial score (nSPS) is 8.00. The number of hydrogen-bond donors (Lipinski definition) is 0. The molecule has 0 saturated carbocycles. The zero-order chi connectivity index (χ0) is 9.14. The minimum Gasteiger partial charge on any atom is -0.663 e. The van der Waals surface area contributed by atoms with Gasteiger partial charge < -0.3 is 16.0 Å². The average molecular weight is 272 g/mol. The molecule has 1 rings (SSSR count). The first-order chi connectivity index (χ1) is 5.63. The SMILES string of the molecule is O.[NH-]C(=O)c1ccccc1[N+](=O)[O-].[Y]. The smallest absolute Gasteiger partial charge is 0.278 e. The van der Waals surface area contributed by atoms with Crippen LogP contribution in [-0.4, -0.2) is 16.3 Å². The number of hydrogen-bond acceptors (Lipinski definition) is 3. The summed E-state index contributed by atoms with van der Waals surface area (Å²) in [5.41, 5.74) is 6.21. The summed E-state index contributed by atoms with van der Waals surface area (Å²) < 4.78 is 0. The molecule has 0 aliphatic heterocycles. The first-order valence-electron chi connectivity index (χ1n) is 3.12. The van der Waals surface area contributed by atoms with Gasteiger partial charge in [-0.05, 0) is 6.07 Å². The molecule has 1 amide bonds. The number of carbonyl (C=O) groups is 1. The summed E-state index contributed by atoms with van der Waals surface area (Å²) in [6.45, 7) is 0. The zero-order valence-electron chi connectivity index (χ0n) is 7.06. The van der Waals surface area contributed by atoms with Gasteiger partial charge in [-0.2, -0.15) is 0 Å². The van der Waals surface area contributed by atoms with Crippen LogP contribution in [0.3, 0.4) is 0 Å². The first kappa shape index (κ1) is 15.6. The topological polar surface area (TPSA) is 116 Å². The summed E-state index contributed by atoms with van der Waals surface area (Å²) >= 11 is 0. The Morgan fingerprint density at radius 1 is 1.36 bits per heavy atom. The third-order valence-electron chi connectivity index (χ3n) is 1.35. The summed E-state index contributed by atoms with van der Waals surface area (Å²) in [6.07, 6.45) is 0. The van der Waals surface area contributed by atoms with Crippen molar-refractivity contribution in [3.63, 3.8) is 0 Å². The van der Waals surface area contributed by atoms with Crippen LogP contribution in [-0.2, 0) is 32.7 Å². The maximum absolute atomic E-state index is 10.5. The molecule has 0 aliphatic carbocycles. The first-order valence-corrected chi connectivity index (χ1v) is 3.12. The minimum absolute atomic E-state index is 0. The zero-order valence-corrected chi connectivity index (χ0v) is 9.90. The van der Waals surface area contributed by atoms with Crippen molar-refractivity contribution in [2.45, 2.75) is 0 Å². The monoisotopic (exact) mass is 272 g/mol. The van der Waals surface area contributed by atoms with Crippen molar-refractivity contribution in [2.75, 3.05) is 0 Å². The maximum Gasteiger partial charge on any atom is 0.278 e. The van der Waals surface area contributed by atoms with Crippen LogP contribution in [0.5, 0.6) is 0 Å². The Morgan fingerprint density at radius 3 is 2.21 bits per heavy atom. The molecule has 1 aromatic carbocycles. The van der Waals surface area contributed by atoms with Crippen LogP contribution in [0.2, 0.25) is 0 Å². The van der Waals surface area contributed by atoms with Crippen LogP contribution < -0.4 is 0 Å². The molecule has 0 heterocycles. The second kappa shape index (κ2) is 6.58. The van der Waals surface area contributed by atoms with Crippen molar-refractivity contribution in [2.24, 2.45) is 0 Å². The van der Waals surface area contributed by atoms with E-state index in [1.54, 1.807) is 0 Å². The van der Waals surface area contributed by atoms with Gasteiger partial charge in [0, 0.05) is 38.8 Å². The van der Waals surface area contributed by atoms with Crippen molar-refractivity contribution in [1.82, 2.24) is 0 Å². The van der Waals surface area contributed by atoms with Crippen LogP contribution >= 0.6 is 0 Å². The molecular formula is C7H7N2O4Y-. The third-order valence-corrected chi connectivity index (χ3v) is 1.35. The maximum atomic E-state index is 10.5. The Hall–Kier alpha value is -0.846. The molecule has 3 N–H and O–H groups in total. The Labute approximate surface area is 105 Å². The van der Waals surface area contributed by atoms with E-state index < -0.39 is 10.8 Å². The molecule has 0 saturated heterocycles. The van der Waals surface area contributed by atoms with E-state index in [2.05, 4.69) is 0 Å². The van der Waals surface area contributed by atoms with E-state index in [0.29, 0.717) is 0 Å². The van der Waals surface area contributed by atoms with Crippen LogP contribution in [0.15, 0.2) is 24.3 Å². The number of nitrogens with zero attached hydrogens (tertiary/aromatic N) is 1. The second-order valence-corrected chi connectivity index (χ2v) is 2.10. The number of benzene rings is 1. The van der Waals surface area contributed by atoms with E-state index in [9.17, 15) is 14.9 Å². The Morgan fingerprint density at radius 2 is 1.86 bits per heavy atom. The molecule has 73 valence electrons. The molecule has 0 bridgehead atoms.